The molecule has 1 atom stereocenters. The van der Waals surface area contributed by atoms with Crippen LogP contribution < -0.4 is 10.9 Å². The SMILES string of the molecule is Cc1ccc(NC(=O)[C@H](C)SCc2cc(=O)n3c([nH]c4ccccc43)c2C#N)cc1. The number of amides is 1. The molecule has 2 N–H and O–H groups in total. The van der Waals surface area contributed by atoms with Crippen LogP contribution in [0.15, 0.2) is 59.4 Å². The topological polar surface area (TPSA) is 90.2 Å². The van der Waals surface area contributed by atoms with E-state index in [-0.39, 0.29) is 16.7 Å². The molecule has 150 valence electrons. The first-order valence-corrected chi connectivity index (χ1v) is 10.6. The molecule has 0 bridgehead atoms. The molecule has 0 aliphatic rings. The van der Waals surface area contributed by atoms with E-state index < -0.39 is 0 Å². The number of carbonyl (C=O) groups is 1. The van der Waals surface area contributed by atoms with Crippen LogP contribution in [0.5, 0.6) is 0 Å². The molecule has 4 aromatic rings. The Morgan fingerprint density at radius 1 is 1.23 bits per heavy atom. The lowest BCUT2D eigenvalue weighted by Gasteiger charge is -2.13. The maximum absolute atomic E-state index is 12.7. The smallest absolute Gasteiger partial charge is 0.257 e. The van der Waals surface area contributed by atoms with E-state index in [1.54, 1.807) is 0 Å². The summed E-state index contributed by atoms with van der Waals surface area (Å²) in [5.74, 6) is 0.262. The molecule has 4 rings (SSSR count). The molecule has 30 heavy (non-hydrogen) atoms. The number of pyridine rings is 1. The Labute approximate surface area is 177 Å². The Morgan fingerprint density at radius 2 is 1.97 bits per heavy atom. The monoisotopic (exact) mass is 416 g/mol. The Balaban J connectivity index is 1.57. The summed E-state index contributed by atoms with van der Waals surface area (Å²) < 4.78 is 1.52. The largest absolute Gasteiger partial charge is 0.338 e. The molecule has 7 heteroatoms. The molecule has 2 aromatic carbocycles. The minimum atomic E-state index is -0.348. The van der Waals surface area contributed by atoms with Crippen molar-refractivity contribution in [2.45, 2.75) is 24.9 Å². The summed E-state index contributed by atoms with van der Waals surface area (Å²) in [6, 6.07) is 18.8. The first-order valence-electron chi connectivity index (χ1n) is 9.52. The summed E-state index contributed by atoms with van der Waals surface area (Å²) in [4.78, 5) is 28.4. The van der Waals surface area contributed by atoms with Crippen molar-refractivity contribution < 1.29 is 4.79 Å². The molecule has 0 radical (unpaired) electrons. The van der Waals surface area contributed by atoms with Gasteiger partial charge in [0.05, 0.1) is 21.8 Å². The molecular formula is C23H20N4O2S. The van der Waals surface area contributed by atoms with Crippen molar-refractivity contribution in [1.82, 2.24) is 9.38 Å². The third-order valence-electron chi connectivity index (χ3n) is 4.99. The molecule has 0 fully saturated rings. The molecule has 1 amide bonds. The van der Waals surface area contributed by atoms with E-state index in [0.717, 1.165) is 22.3 Å². The van der Waals surface area contributed by atoms with Gasteiger partial charge in [0.25, 0.3) is 5.56 Å². The number of aryl methyl sites for hydroxylation is 1. The number of nitrogens with one attached hydrogen (secondary N) is 2. The number of nitriles is 1. The van der Waals surface area contributed by atoms with E-state index in [2.05, 4.69) is 16.4 Å². The number of anilines is 1. The van der Waals surface area contributed by atoms with Crippen molar-refractivity contribution in [3.8, 4) is 6.07 Å². The van der Waals surface area contributed by atoms with Crippen LogP contribution in [0.3, 0.4) is 0 Å². The van der Waals surface area contributed by atoms with Crippen LogP contribution in [-0.4, -0.2) is 20.5 Å². The van der Waals surface area contributed by atoms with Crippen molar-refractivity contribution >= 4 is 40.0 Å². The number of benzene rings is 2. The molecular weight excluding hydrogens is 396 g/mol. The van der Waals surface area contributed by atoms with E-state index in [1.165, 1.54) is 22.2 Å². The number of rotatable bonds is 5. The van der Waals surface area contributed by atoms with Gasteiger partial charge in [0.1, 0.15) is 11.7 Å². The lowest BCUT2D eigenvalue weighted by atomic mass is 10.1. The fourth-order valence-corrected chi connectivity index (χ4v) is 4.20. The number of carbonyl (C=O) groups excluding carboxylic acids is 1. The molecule has 0 spiro atoms. The average molecular weight is 417 g/mol. The van der Waals surface area contributed by atoms with Crippen LogP contribution in [0.2, 0.25) is 0 Å². The van der Waals surface area contributed by atoms with Crippen LogP contribution >= 0.6 is 11.8 Å². The Morgan fingerprint density at radius 3 is 2.70 bits per heavy atom. The van der Waals surface area contributed by atoms with Gasteiger partial charge in [-0.3, -0.25) is 14.0 Å². The summed E-state index contributed by atoms with van der Waals surface area (Å²) in [7, 11) is 0. The van der Waals surface area contributed by atoms with E-state index in [4.69, 9.17) is 0 Å². The standard InChI is InChI=1S/C23H20N4O2S/c1-14-7-9-17(10-8-14)25-23(29)15(2)30-13-16-11-21(28)27-20-6-4-3-5-19(20)26-22(27)18(16)12-24/h3-11,15,26H,13H2,1-2H3,(H,25,29)/t15-/m0/s1. The highest BCUT2D eigenvalue weighted by molar-refractivity contribution is 7.99. The van der Waals surface area contributed by atoms with E-state index in [9.17, 15) is 14.9 Å². The molecule has 0 aliphatic heterocycles. The number of hydrogen-bond acceptors (Lipinski definition) is 4. The number of thioether (sulfide) groups is 1. The van der Waals surface area contributed by atoms with Crippen LogP contribution in [0.1, 0.15) is 23.6 Å². The lowest BCUT2D eigenvalue weighted by Crippen LogP contribution is -2.23. The Bertz CT molecular complexity index is 1350. The van der Waals surface area contributed by atoms with E-state index in [0.29, 0.717) is 22.5 Å². The van der Waals surface area contributed by atoms with E-state index in [1.807, 2.05) is 62.4 Å². The minimum absolute atomic E-state index is 0.120. The average Bonchev–Trinajstić information content (AvgIpc) is 3.13. The van der Waals surface area contributed by atoms with Crippen molar-refractivity contribution in [3.05, 3.63) is 81.6 Å². The number of aromatic nitrogens is 2. The van der Waals surface area contributed by atoms with Gasteiger partial charge in [-0.15, -0.1) is 11.8 Å². The highest BCUT2D eigenvalue weighted by Crippen LogP contribution is 2.24. The minimum Gasteiger partial charge on any atom is -0.338 e. The fraction of sp³-hybridized carbons (Fsp3) is 0.174. The highest BCUT2D eigenvalue weighted by Gasteiger charge is 2.18. The predicted molar refractivity (Wildman–Crippen MR) is 121 cm³/mol. The summed E-state index contributed by atoms with van der Waals surface area (Å²) in [5.41, 5.74) is 4.72. The van der Waals surface area contributed by atoms with Crippen molar-refractivity contribution in [2.75, 3.05) is 5.32 Å². The van der Waals surface area contributed by atoms with Crippen molar-refractivity contribution in [3.63, 3.8) is 0 Å². The van der Waals surface area contributed by atoms with Crippen LogP contribution in [0.25, 0.3) is 16.7 Å². The maximum atomic E-state index is 12.7. The van der Waals surface area contributed by atoms with Crippen molar-refractivity contribution in [2.24, 2.45) is 0 Å². The highest BCUT2D eigenvalue weighted by atomic mass is 32.2. The second kappa shape index (κ2) is 8.09. The van der Waals surface area contributed by atoms with Gasteiger partial charge in [0.2, 0.25) is 5.91 Å². The molecule has 0 saturated heterocycles. The number of para-hydroxylation sites is 2. The van der Waals surface area contributed by atoms with Gasteiger partial charge in [-0.25, -0.2) is 0 Å². The summed E-state index contributed by atoms with van der Waals surface area (Å²) in [6.07, 6.45) is 0. The fourth-order valence-electron chi connectivity index (χ4n) is 3.33. The number of H-pyrrole nitrogens is 1. The van der Waals surface area contributed by atoms with Crippen molar-refractivity contribution in [1.29, 1.82) is 5.26 Å². The zero-order valence-corrected chi connectivity index (χ0v) is 17.4. The zero-order valence-electron chi connectivity index (χ0n) is 16.6. The summed E-state index contributed by atoms with van der Waals surface area (Å²) in [6.45, 7) is 3.80. The third-order valence-corrected chi connectivity index (χ3v) is 6.18. The lowest BCUT2D eigenvalue weighted by molar-refractivity contribution is -0.115. The van der Waals surface area contributed by atoms with Crippen LogP contribution in [0, 0.1) is 18.3 Å². The van der Waals surface area contributed by atoms with Gasteiger partial charge < -0.3 is 10.3 Å². The summed E-state index contributed by atoms with van der Waals surface area (Å²) in [5, 5.41) is 12.3. The molecule has 0 unspecified atom stereocenters. The van der Waals surface area contributed by atoms with Crippen LogP contribution in [0.4, 0.5) is 5.69 Å². The van der Waals surface area contributed by atoms with Gasteiger partial charge in [0, 0.05) is 17.5 Å². The number of hydrogen-bond donors (Lipinski definition) is 2. The number of fused-ring (bicyclic) bond motifs is 3. The number of aromatic amines is 1. The van der Waals surface area contributed by atoms with Crippen LogP contribution in [-0.2, 0) is 10.5 Å². The van der Waals surface area contributed by atoms with Gasteiger partial charge in [0.15, 0.2) is 0 Å². The summed E-state index contributed by atoms with van der Waals surface area (Å²) >= 11 is 1.39. The normalized spacial score (nSPS) is 12.0. The Hall–Kier alpha value is -3.50. The van der Waals surface area contributed by atoms with Gasteiger partial charge in [-0.2, -0.15) is 5.26 Å². The molecule has 0 aliphatic carbocycles. The number of imidazole rings is 1. The molecule has 6 nitrogen and oxygen atoms in total. The first-order chi connectivity index (χ1) is 14.5. The molecule has 2 heterocycles. The maximum Gasteiger partial charge on any atom is 0.257 e. The third kappa shape index (κ3) is 3.70. The second-order valence-corrected chi connectivity index (χ2v) is 8.46. The first kappa shape index (κ1) is 19.8. The van der Waals surface area contributed by atoms with Gasteiger partial charge in [-0.05, 0) is 43.7 Å². The molecule has 0 saturated carbocycles. The zero-order chi connectivity index (χ0) is 21.3. The quantitative estimate of drug-likeness (QED) is 0.510. The predicted octanol–water partition coefficient (Wildman–Crippen LogP) is 4.22. The second-order valence-electron chi connectivity index (χ2n) is 7.13. The van der Waals surface area contributed by atoms with E-state index >= 15 is 0 Å². The number of nitrogens with zero attached hydrogens (tertiary/aromatic N) is 2. The van der Waals surface area contributed by atoms with Gasteiger partial charge >= 0.3 is 0 Å². The molecule has 2 aromatic heterocycles. The van der Waals surface area contributed by atoms with Gasteiger partial charge in [-0.1, -0.05) is 29.8 Å². The Kier molecular flexibility index (Phi) is 5.34.